The van der Waals surface area contributed by atoms with Gasteiger partial charge in [0.25, 0.3) is 0 Å². The van der Waals surface area contributed by atoms with Gasteiger partial charge in [-0.25, -0.2) is 0 Å². The zero-order chi connectivity index (χ0) is 33.1. The average Bonchev–Trinajstić information content (AvgIpc) is 3.37. The third-order valence-electron chi connectivity index (χ3n) is 15.6. The van der Waals surface area contributed by atoms with Crippen molar-refractivity contribution in [1.29, 1.82) is 0 Å². The van der Waals surface area contributed by atoms with Crippen LogP contribution in [0.1, 0.15) is 105 Å². The molecule has 8 rings (SSSR count). The van der Waals surface area contributed by atoms with Gasteiger partial charge in [-0.05, 0) is 98.7 Å². The third-order valence-corrected chi connectivity index (χ3v) is 15.6. The van der Waals surface area contributed by atoms with E-state index in [1.165, 1.54) is 11.1 Å². The second-order valence-corrected chi connectivity index (χ2v) is 17.7. The first-order chi connectivity index (χ1) is 21.5. The highest BCUT2D eigenvalue weighted by molar-refractivity contribution is 5.88. The van der Waals surface area contributed by atoms with E-state index >= 15 is 0 Å². The summed E-state index contributed by atoms with van der Waals surface area (Å²) >= 11 is 0. The van der Waals surface area contributed by atoms with Crippen LogP contribution in [0, 0.1) is 57.2 Å². The molecule has 8 heteroatoms. The predicted molar refractivity (Wildman–Crippen MR) is 171 cm³/mol. The Kier molecular flexibility index (Phi) is 7.95. The van der Waals surface area contributed by atoms with E-state index in [0.29, 0.717) is 24.7 Å². The van der Waals surface area contributed by atoms with E-state index in [0.717, 1.165) is 51.4 Å². The smallest absolute Gasteiger partial charge is 0.141 e. The topological polar surface area (TPSA) is 156 Å². The van der Waals surface area contributed by atoms with Gasteiger partial charge in [-0.2, -0.15) is 0 Å². The Balaban J connectivity index is 0.000000147. The first-order valence-electron chi connectivity index (χ1n) is 18.1. The van der Waals surface area contributed by atoms with Gasteiger partial charge < -0.3 is 30.6 Å². The molecule has 0 aromatic rings. The SMILES string of the molecule is C[C@]12CC[C@H](O)CC1=CC(O)C1C3C(O)CC(=O)[C@@]3(C)CC[C@@H]12.C[C@]12CC[C@H](O)CC1=C[C@@H](O)[C@H]1[C@@H]3[C@@H](O)CC(=O)[C@@]3(C)CC[C@@H]12. The van der Waals surface area contributed by atoms with E-state index in [-0.39, 0.29) is 71.1 Å². The quantitative estimate of drug-likeness (QED) is 0.219. The van der Waals surface area contributed by atoms with Crippen molar-refractivity contribution in [2.75, 3.05) is 0 Å². The standard InChI is InChI=1S/2C19H28O4/c2*1-18-5-3-11(20)7-10(18)8-13(21)16-12(18)4-6-19(2)15(23)9-14(22)17(16)19/h2*8,11-14,16-17,20-22H,3-7,9H2,1-2H3/t11-,12-,13?,14?,16?,17?,18-,19+;11-,12-,13+,14-,16-,17-,18-,19+/m00/s1. The van der Waals surface area contributed by atoms with Gasteiger partial charge in [0.1, 0.15) is 11.6 Å². The van der Waals surface area contributed by atoms with Crippen LogP contribution in [0.5, 0.6) is 0 Å². The molecule has 0 saturated heterocycles. The first-order valence-corrected chi connectivity index (χ1v) is 18.1. The van der Waals surface area contributed by atoms with E-state index in [9.17, 15) is 40.2 Å². The highest BCUT2D eigenvalue weighted by Gasteiger charge is 2.65. The molecule has 0 aliphatic heterocycles. The summed E-state index contributed by atoms with van der Waals surface area (Å²) in [4.78, 5) is 24.9. The number of aliphatic hydroxyl groups is 6. The Morgan fingerprint density at radius 2 is 0.870 bits per heavy atom. The minimum Gasteiger partial charge on any atom is -0.393 e. The van der Waals surface area contributed by atoms with Crippen LogP contribution in [0.2, 0.25) is 0 Å². The molecule has 6 fully saturated rings. The summed E-state index contributed by atoms with van der Waals surface area (Å²) < 4.78 is 0. The molecular weight excluding hydrogens is 584 g/mol. The van der Waals surface area contributed by atoms with Crippen LogP contribution < -0.4 is 0 Å². The minimum absolute atomic E-state index is 0.00415. The lowest BCUT2D eigenvalue weighted by Crippen LogP contribution is -2.56. The summed E-state index contributed by atoms with van der Waals surface area (Å²) in [5, 5.41) is 62.8. The molecule has 0 aromatic carbocycles. The Labute approximate surface area is 273 Å². The summed E-state index contributed by atoms with van der Waals surface area (Å²) in [5.41, 5.74) is 1.42. The number of hydrogen-bond acceptors (Lipinski definition) is 8. The van der Waals surface area contributed by atoms with Gasteiger partial charge in [0.2, 0.25) is 0 Å². The van der Waals surface area contributed by atoms with Crippen LogP contribution in [-0.2, 0) is 9.59 Å². The molecule has 256 valence electrons. The lowest BCUT2D eigenvalue weighted by Gasteiger charge is -2.58. The molecule has 8 aliphatic rings. The number of ketones is 2. The summed E-state index contributed by atoms with van der Waals surface area (Å²) in [7, 11) is 0. The molecule has 8 nitrogen and oxygen atoms in total. The molecule has 16 atom stereocenters. The molecule has 0 spiro atoms. The maximum Gasteiger partial charge on any atom is 0.141 e. The van der Waals surface area contributed by atoms with Gasteiger partial charge >= 0.3 is 0 Å². The number of hydrogen-bond donors (Lipinski definition) is 6. The van der Waals surface area contributed by atoms with Gasteiger partial charge in [0, 0.05) is 35.5 Å². The fourth-order valence-electron chi connectivity index (χ4n) is 12.9. The van der Waals surface area contributed by atoms with Crippen LogP contribution in [0.3, 0.4) is 0 Å². The van der Waals surface area contributed by atoms with Gasteiger partial charge in [-0.1, -0.05) is 51.0 Å². The first kappa shape index (κ1) is 33.1. The largest absolute Gasteiger partial charge is 0.393 e. The fraction of sp³-hybridized carbons (Fsp3) is 0.842. The normalized spacial score (nSPS) is 55.7. The van der Waals surface area contributed by atoms with Gasteiger partial charge in [0.05, 0.1) is 36.6 Å². The number of carbonyl (C=O) groups is 2. The Bertz CT molecular complexity index is 1240. The van der Waals surface area contributed by atoms with Crippen LogP contribution in [-0.4, -0.2) is 78.8 Å². The summed E-state index contributed by atoms with van der Waals surface area (Å²) in [6, 6.07) is 0. The molecule has 6 saturated carbocycles. The molecule has 0 aromatic heterocycles. The van der Waals surface area contributed by atoms with E-state index in [4.69, 9.17) is 0 Å². The average molecular weight is 641 g/mol. The van der Waals surface area contributed by atoms with Gasteiger partial charge in [0.15, 0.2) is 0 Å². The summed E-state index contributed by atoms with van der Waals surface area (Å²) in [5.74, 6) is 0.570. The number of Topliss-reactive ketones (excluding diaryl/α,β-unsaturated/α-hetero) is 2. The highest BCUT2D eigenvalue weighted by atomic mass is 16.3. The van der Waals surface area contributed by atoms with E-state index in [1.54, 1.807) is 0 Å². The van der Waals surface area contributed by atoms with Crippen LogP contribution in [0.25, 0.3) is 0 Å². The van der Waals surface area contributed by atoms with Crippen LogP contribution in [0.15, 0.2) is 23.3 Å². The predicted octanol–water partition coefficient (Wildman–Crippen LogP) is 3.64. The Morgan fingerprint density at radius 1 is 0.522 bits per heavy atom. The maximum absolute atomic E-state index is 12.4. The number of carbonyl (C=O) groups excluding carboxylic acids is 2. The van der Waals surface area contributed by atoms with E-state index < -0.39 is 35.2 Å². The molecule has 4 unspecified atom stereocenters. The highest BCUT2D eigenvalue weighted by Crippen LogP contribution is 2.65. The Morgan fingerprint density at radius 3 is 1.24 bits per heavy atom. The number of rotatable bonds is 0. The number of fused-ring (bicyclic) bond motifs is 10. The van der Waals surface area contributed by atoms with Crippen molar-refractivity contribution in [3.63, 3.8) is 0 Å². The third kappa shape index (κ3) is 4.59. The van der Waals surface area contributed by atoms with Crippen LogP contribution >= 0.6 is 0 Å². The molecule has 0 heterocycles. The van der Waals surface area contributed by atoms with Gasteiger partial charge in [-0.3, -0.25) is 9.59 Å². The minimum atomic E-state index is -0.623. The lowest BCUT2D eigenvalue weighted by atomic mass is 9.47. The van der Waals surface area contributed by atoms with Crippen molar-refractivity contribution in [2.45, 2.75) is 141 Å². The van der Waals surface area contributed by atoms with Crippen molar-refractivity contribution < 1.29 is 40.2 Å². The van der Waals surface area contributed by atoms with E-state index in [1.807, 2.05) is 26.0 Å². The molecule has 0 radical (unpaired) electrons. The molecular formula is C38H56O8. The van der Waals surface area contributed by atoms with Crippen LogP contribution in [0.4, 0.5) is 0 Å². The van der Waals surface area contributed by atoms with Crippen molar-refractivity contribution in [3.8, 4) is 0 Å². The summed E-state index contributed by atoms with van der Waals surface area (Å²) in [6.45, 7) is 8.51. The van der Waals surface area contributed by atoms with Crippen molar-refractivity contribution >= 4 is 11.6 Å². The van der Waals surface area contributed by atoms with Crippen molar-refractivity contribution in [2.24, 2.45) is 57.2 Å². The van der Waals surface area contributed by atoms with Crippen molar-refractivity contribution in [3.05, 3.63) is 23.3 Å². The molecule has 0 amide bonds. The Hall–Kier alpha value is -1.42. The molecule has 6 N–H and O–H groups in total. The lowest BCUT2D eigenvalue weighted by molar-refractivity contribution is -0.139. The maximum atomic E-state index is 12.4. The fourth-order valence-corrected chi connectivity index (χ4v) is 12.9. The second-order valence-electron chi connectivity index (χ2n) is 17.7. The zero-order valence-electron chi connectivity index (χ0n) is 28.1. The van der Waals surface area contributed by atoms with E-state index in [2.05, 4.69) is 13.8 Å². The number of aliphatic hydroxyl groups excluding tert-OH is 6. The zero-order valence-corrected chi connectivity index (χ0v) is 28.1. The molecule has 0 bridgehead atoms. The van der Waals surface area contributed by atoms with Crippen molar-refractivity contribution in [1.82, 2.24) is 0 Å². The van der Waals surface area contributed by atoms with Gasteiger partial charge in [-0.15, -0.1) is 0 Å². The second kappa shape index (κ2) is 11.0. The molecule has 46 heavy (non-hydrogen) atoms. The molecule has 8 aliphatic carbocycles. The summed E-state index contributed by atoms with van der Waals surface area (Å²) in [6.07, 6.45) is 9.53. The monoisotopic (exact) mass is 640 g/mol.